The topological polar surface area (TPSA) is 62.5 Å². The maximum atomic E-state index is 11.6. The molecule has 1 aliphatic rings. The van der Waals surface area contributed by atoms with E-state index in [-0.39, 0.29) is 23.5 Å². The number of nitrogens with one attached hydrogen (secondary N) is 1. The van der Waals surface area contributed by atoms with Gasteiger partial charge in [0.25, 0.3) is 0 Å². The Bertz CT molecular complexity index is 420. The molecule has 1 aliphatic carbocycles. The molecule has 0 saturated heterocycles. The molecule has 1 aromatic rings. The Labute approximate surface area is 100 Å². The van der Waals surface area contributed by atoms with Crippen molar-refractivity contribution in [3.05, 3.63) is 30.2 Å². The highest BCUT2D eigenvalue weighted by molar-refractivity contribution is 5.91. The Morgan fingerprint density at radius 2 is 2.41 bits per heavy atom. The van der Waals surface area contributed by atoms with Crippen molar-refractivity contribution >= 4 is 12.0 Å². The smallest absolute Gasteiger partial charge is 0.244 e. The first-order chi connectivity index (χ1) is 8.00. The van der Waals surface area contributed by atoms with Crippen LogP contribution in [0.25, 0.3) is 6.08 Å². The molecule has 0 bridgehead atoms. The summed E-state index contributed by atoms with van der Waals surface area (Å²) >= 11 is 0. The SMILES string of the molecule is CC1(C)C(O)CC1NC(=O)/C=C/c1ccco1. The molecule has 2 unspecified atom stereocenters. The highest BCUT2D eigenvalue weighted by Crippen LogP contribution is 2.40. The van der Waals surface area contributed by atoms with Gasteiger partial charge in [0.05, 0.1) is 12.4 Å². The first-order valence-corrected chi connectivity index (χ1v) is 5.70. The zero-order valence-electron chi connectivity index (χ0n) is 10.0. The molecule has 0 aromatic carbocycles. The quantitative estimate of drug-likeness (QED) is 0.782. The minimum Gasteiger partial charge on any atom is -0.465 e. The Morgan fingerprint density at radius 3 is 2.94 bits per heavy atom. The third kappa shape index (κ3) is 2.42. The van der Waals surface area contributed by atoms with Crippen LogP contribution in [-0.2, 0) is 4.79 Å². The van der Waals surface area contributed by atoms with E-state index in [0.29, 0.717) is 12.2 Å². The Morgan fingerprint density at radius 1 is 1.65 bits per heavy atom. The van der Waals surface area contributed by atoms with Crippen molar-refractivity contribution < 1.29 is 14.3 Å². The summed E-state index contributed by atoms with van der Waals surface area (Å²) in [5, 5.41) is 12.4. The zero-order valence-corrected chi connectivity index (χ0v) is 10.0. The fraction of sp³-hybridized carbons (Fsp3) is 0.462. The molecule has 1 aromatic heterocycles. The monoisotopic (exact) mass is 235 g/mol. The Hall–Kier alpha value is -1.55. The van der Waals surface area contributed by atoms with Crippen LogP contribution in [0.2, 0.25) is 0 Å². The van der Waals surface area contributed by atoms with E-state index in [1.54, 1.807) is 24.5 Å². The van der Waals surface area contributed by atoms with Gasteiger partial charge in [-0.05, 0) is 24.6 Å². The molecule has 1 saturated carbocycles. The Balaban J connectivity index is 1.87. The maximum absolute atomic E-state index is 11.6. The van der Waals surface area contributed by atoms with Crippen molar-refractivity contribution in [2.24, 2.45) is 5.41 Å². The summed E-state index contributed by atoms with van der Waals surface area (Å²) in [7, 11) is 0. The van der Waals surface area contributed by atoms with Gasteiger partial charge in [-0.15, -0.1) is 0 Å². The first kappa shape index (κ1) is 11.9. The van der Waals surface area contributed by atoms with Gasteiger partial charge in [-0.1, -0.05) is 13.8 Å². The van der Waals surface area contributed by atoms with E-state index < -0.39 is 0 Å². The molecule has 0 aliphatic heterocycles. The van der Waals surface area contributed by atoms with Gasteiger partial charge in [-0.25, -0.2) is 0 Å². The van der Waals surface area contributed by atoms with E-state index in [4.69, 9.17) is 4.42 Å². The summed E-state index contributed by atoms with van der Waals surface area (Å²) < 4.78 is 5.08. The lowest BCUT2D eigenvalue weighted by Gasteiger charge is -2.49. The maximum Gasteiger partial charge on any atom is 0.244 e. The fourth-order valence-electron chi connectivity index (χ4n) is 1.91. The molecule has 1 fully saturated rings. The van der Waals surface area contributed by atoms with Crippen LogP contribution in [0.4, 0.5) is 0 Å². The van der Waals surface area contributed by atoms with Gasteiger partial charge in [0.2, 0.25) is 5.91 Å². The van der Waals surface area contributed by atoms with Crippen LogP contribution < -0.4 is 5.32 Å². The normalized spacial score (nSPS) is 26.8. The number of amides is 1. The molecule has 1 heterocycles. The minimum absolute atomic E-state index is 0.0336. The lowest BCUT2D eigenvalue weighted by molar-refractivity contribution is -0.124. The number of furan rings is 1. The molecule has 4 nitrogen and oxygen atoms in total. The lowest BCUT2D eigenvalue weighted by atomic mass is 9.64. The predicted octanol–water partition coefficient (Wildman–Crippen LogP) is 1.57. The summed E-state index contributed by atoms with van der Waals surface area (Å²) in [5.41, 5.74) is -0.242. The Kier molecular flexibility index (Phi) is 3.07. The average Bonchev–Trinajstić information content (AvgIpc) is 2.79. The molecule has 2 N–H and O–H groups in total. The molecule has 4 heteroatoms. The van der Waals surface area contributed by atoms with Crippen LogP contribution in [-0.4, -0.2) is 23.2 Å². The third-order valence-electron chi connectivity index (χ3n) is 3.47. The minimum atomic E-state index is -0.332. The van der Waals surface area contributed by atoms with E-state index in [1.165, 1.54) is 6.08 Å². The van der Waals surface area contributed by atoms with E-state index in [2.05, 4.69) is 5.32 Å². The number of aliphatic hydroxyl groups is 1. The average molecular weight is 235 g/mol. The second-order valence-electron chi connectivity index (χ2n) is 4.98. The summed E-state index contributed by atoms with van der Waals surface area (Å²) in [4.78, 5) is 11.6. The highest BCUT2D eigenvalue weighted by atomic mass is 16.3. The van der Waals surface area contributed by atoms with E-state index in [1.807, 2.05) is 13.8 Å². The van der Waals surface area contributed by atoms with Crippen LogP contribution in [0.3, 0.4) is 0 Å². The van der Waals surface area contributed by atoms with Crippen molar-refractivity contribution in [3.63, 3.8) is 0 Å². The number of rotatable bonds is 3. The molecular weight excluding hydrogens is 218 g/mol. The first-order valence-electron chi connectivity index (χ1n) is 5.70. The van der Waals surface area contributed by atoms with Crippen LogP contribution in [0.1, 0.15) is 26.0 Å². The van der Waals surface area contributed by atoms with Crippen molar-refractivity contribution in [1.29, 1.82) is 0 Å². The summed E-state index contributed by atoms with van der Waals surface area (Å²) in [6.45, 7) is 3.89. The molecule has 0 radical (unpaired) electrons. The summed E-state index contributed by atoms with van der Waals surface area (Å²) in [6.07, 6.45) is 4.91. The number of carbonyl (C=O) groups is 1. The number of aliphatic hydroxyl groups excluding tert-OH is 1. The van der Waals surface area contributed by atoms with Crippen molar-refractivity contribution in [2.75, 3.05) is 0 Å². The van der Waals surface area contributed by atoms with E-state index in [9.17, 15) is 9.90 Å². The van der Waals surface area contributed by atoms with Crippen molar-refractivity contribution in [3.8, 4) is 0 Å². The van der Waals surface area contributed by atoms with Crippen LogP contribution in [0.15, 0.2) is 28.9 Å². The van der Waals surface area contributed by atoms with Gasteiger partial charge < -0.3 is 14.8 Å². The molecule has 0 spiro atoms. The molecule has 17 heavy (non-hydrogen) atoms. The number of hydrogen-bond donors (Lipinski definition) is 2. The largest absolute Gasteiger partial charge is 0.465 e. The molecule has 1 amide bonds. The van der Waals surface area contributed by atoms with E-state index in [0.717, 1.165) is 0 Å². The molecule has 2 rings (SSSR count). The van der Waals surface area contributed by atoms with Crippen LogP contribution in [0, 0.1) is 5.41 Å². The number of carbonyl (C=O) groups excluding carboxylic acids is 1. The fourth-order valence-corrected chi connectivity index (χ4v) is 1.91. The standard InChI is InChI=1S/C13H17NO3/c1-13(2)10(8-11(13)15)14-12(16)6-5-9-4-3-7-17-9/h3-7,10-11,15H,8H2,1-2H3,(H,14,16)/b6-5+. The molecule has 2 atom stereocenters. The van der Waals surface area contributed by atoms with Gasteiger partial charge in [-0.3, -0.25) is 4.79 Å². The second-order valence-corrected chi connectivity index (χ2v) is 4.98. The molecule has 92 valence electrons. The highest BCUT2D eigenvalue weighted by Gasteiger charge is 2.47. The van der Waals surface area contributed by atoms with Gasteiger partial charge in [0.1, 0.15) is 5.76 Å². The number of hydrogen-bond acceptors (Lipinski definition) is 3. The third-order valence-corrected chi connectivity index (χ3v) is 3.47. The lowest BCUT2D eigenvalue weighted by Crippen LogP contribution is -2.60. The van der Waals surface area contributed by atoms with Gasteiger partial charge in [-0.2, -0.15) is 0 Å². The molecular formula is C13H17NO3. The van der Waals surface area contributed by atoms with Crippen molar-refractivity contribution in [1.82, 2.24) is 5.32 Å². The summed E-state index contributed by atoms with van der Waals surface area (Å²) in [6, 6.07) is 3.58. The van der Waals surface area contributed by atoms with Crippen LogP contribution >= 0.6 is 0 Å². The summed E-state index contributed by atoms with van der Waals surface area (Å²) in [5.74, 6) is 0.486. The van der Waals surface area contributed by atoms with Gasteiger partial charge in [0, 0.05) is 17.5 Å². The predicted molar refractivity (Wildman–Crippen MR) is 64.1 cm³/mol. The van der Waals surface area contributed by atoms with Gasteiger partial charge in [0.15, 0.2) is 0 Å². The van der Waals surface area contributed by atoms with Gasteiger partial charge >= 0.3 is 0 Å². The van der Waals surface area contributed by atoms with E-state index >= 15 is 0 Å². The van der Waals surface area contributed by atoms with Crippen LogP contribution in [0.5, 0.6) is 0 Å². The van der Waals surface area contributed by atoms with Crippen molar-refractivity contribution in [2.45, 2.75) is 32.4 Å². The zero-order chi connectivity index (χ0) is 12.5. The second kappa shape index (κ2) is 4.37.